The molecule has 0 bridgehead atoms. The van der Waals surface area contributed by atoms with Crippen LogP contribution in [-0.4, -0.2) is 41.6 Å². The Morgan fingerprint density at radius 1 is 1.03 bits per heavy atom. The molecule has 3 heterocycles. The monoisotopic (exact) mass is 449 g/mol. The van der Waals surface area contributed by atoms with Gasteiger partial charge < -0.3 is 19.7 Å². The molecule has 2 amide bonds. The number of carbonyl (C=O) groups is 2. The van der Waals surface area contributed by atoms with Gasteiger partial charge >= 0.3 is 0 Å². The Balaban J connectivity index is 1.24. The van der Waals surface area contributed by atoms with Gasteiger partial charge in [0.05, 0.1) is 11.3 Å². The molecule has 0 unspecified atom stereocenters. The van der Waals surface area contributed by atoms with Crippen LogP contribution in [-0.2, 0) is 11.3 Å². The predicted molar refractivity (Wildman–Crippen MR) is 123 cm³/mol. The van der Waals surface area contributed by atoms with E-state index in [-0.39, 0.29) is 24.5 Å². The van der Waals surface area contributed by atoms with Gasteiger partial charge in [-0.2, -0.15) is 0 Å². The first-order valence-corrected chi connectivity index (χ1v) is 12.0. The molecule has 3 aliphatic rings. The van der Waals surface area contributed by atoms with Gasteiger partial charge in [-0.1, -0.05) is 18.9 Å². The summed E-state index contributed by atoms with van der Waals surface area (Å²) in [5.41, 5.74) is 3.34. The van der Waals surface area contributed by atoms with Crippen LogP contribution in [0.1, 0.15) is 71.8 Å². The first-order chi connectivity index (χ1) is 16.1. The van der Waals surface area contributed by atoms with Crippen molar-refractivity contribution < 1.29 is 19.1 Å². The van der Waals surface area contributed by atoms with Crippen LogP contribution in [0.3, 0.4) is 0 Å². The van der Waals surface area contributed by atoms with Crippen LogP contribution in [0.4, 0.5) is 0 Å². The van der Waals surface area contributed by atoms with Gasteiger partial charge in [-0.25, -0.2) is 0 Å². The molecule has 1 aromatic carbocycles. The second-order valence-electron chi connectivity index (χ2n) is 9.34. The summed E-state index contributed by atoms with van der Waals surface area (Å²) >= 11 is 0. The molecule has 1 saturated heterocycles. The summed E-state index contributed by atoms with van der Waals surface area (Å²) in [6.45, 7) is 4.07. The minimum atomic E-state index is -0.125. The van der Waals surface area contributed by atoms with E-state index >= 15 is 0 Å². The standard InChI is InChI=1S/C26H31N3O4/c1-17-6-8-21(25(30)27-15-18-7-9-22-23(14-18)33-16-32-22)24(28-17)19-10-12-29(13-11-19)26(31)20-4-2-3-5-20/h6-9,14,19-20H,2-5,10-13,15-16H2,1H3,(H,27,30). The highest BCUT2D eigenvalue weighted by Crippen LogP contribution is 2.34. The van der Waals surface area contributed by atoms with Crippen LogP contribution in [0.2, 0.25) is 0 Å². The fourth-order valence-corrected chi connectivity index (χ4v) is 5.21. The number of benzene rings is 1. The van der Waals surface area contributed by atoms with Gasteiger partial charge in [-0.15, -0.1) is 0 Å². The van der Waals surface area contributed by atoms with Crippen LogP contribution >= 0.6 is 0 Å². The third-order valence-corrected chi connectivity index (χ3v) is 7.10. The van der Waals surface area contributed by atoms with E-state index in [4.69, 9.17) is 14.5 Å². The van der Waals surface area contributed by atoms with Gasteiger partial charge in [0.2, 0.25) is 12.7 Å². The number of aryl methyl sites for hydroxylation is 1. The molecule has 7 nitrogen and oxygen atoms in total. The van der Waals surface area contributed by atoms with Crippen molar-refractivity contribution in [2.75, 3.05) is 19.9 Å². The lowest BCUT2D eigenvalue weighted by Gasteiger charge is -2.34. The maximum atomic E-state index is 13.1. The Labute approximate surface area is 194 Å². The molecule has 1 aliphatic carbocycles. The first kappa shape index (κ1) is 21.7. The number of nitrogens with zero attached hydrogens (tertiary/aromatic N) is 2. The van der Waals surface area contributed by atoms with Crippen LogP contribution in [0.15, 0.2) is 30.3 Å². The van der Waals surface area contributed by atoms with Gasteiger partial charge in [0.1, 0.15) is 0 Å². The van der Waals surface area contributed by atoms with E-state index in [2.05, 4.69) is 5.32 Å². The molecule has 1 aromatic heterocycles. The molecule has 5 rings (SSSR count). The summed E-state index contributed by atoms with van der Waals surface area (Å²) in [5, 5.41) is 3.03. The van der Waals surface area contributed by atoms with Crippen molar-refractivity contribution in [2.45, 2.75) is 57.9 Å². The van der Waals surface area contributed by atoms with Crippen molar-refractivity contribution in [3.05, 3.63) is 52.8 Å². The number of ether oxygens (including phenoxy) is 2. The van der Waals surface area contributed by atoms with Crippen LogP contribution in [0.5, 0.6) is 11.5 Å². The van der Waals surface area contributed by atoms with E-state index in [0.717, 1.165) is 61.5 Å². The number of hydrogen-bond acceptors (Lipinski definition) is 5. The number of hydrogen-bond donors (Lipinski definition) is 1. The predicted octanol–water partition coefficient (Wildman–Crippen LogP) is 3.94. The van der Waals surface area contributed by atoms with Crippen LogP contribution < -0.4 is 14.8 Å². The van der Waals surface area contributed by atoms with E-state index in [1.54, 1.807) is 0 Å². The summed E-state index contributed by atoms with van der Waals surface area (Å²) < 4.78 is 10.8. The number of nitrogens with one attached hydrogen (secondary N) is 1. The summed E-state index contributed by atoms with van der Waals surface area (Å²) in [6, 6.07) is 9.46. The van der Waals surface area contributed by atoms with Crippen molar-refractivity contribution in [2.24, 2.45) is 5.92 Å². The molecule has 1 N–H and O–H groups in total. The molecule has 0 atom stereocenters. The molecule has 33 heavy (non-hydrogen) atoms. The molecular formula is C26H31N3O4. The number of rotatable bonds is 5. The molecule has 2 aliphatic heterocycles. The average Bonchev–Trinajstić information content (AvgIpc) is 3.54. The van der Waals surface area contributed by atoms with Crippen molar-refractivity contribution in [3.8, 4) is 11.5 Å². The highest BCUT2D eigenvalue weighted by atomic mass is 16.7. The van der Waals surface area contributed by atoms with Gasteiger partial charge in [0, 0.05) is 37.2 Å². The molecule has 0 spiro atoms. The topological polar surface area (TPSA) is 80.8 Å². The van der Waals surface area contributed by atoms with E-state index in [0.29, 0.717) is 23.8 Å². The Hall–Kier alpha value is -3.09. The second-order valence-corrected chi connectivity index (χ2v) is 9.34. The van der Waals surface area contributed by atoms with Gasteiger partial charge in [0.15, 0.2) is 11.5 Å². The van der Waals surface area contributed by atoms with E-state index in [1.807, 2.05) is 42.2 Å². The highest BCUT2D eigenvalue weighted by Gasteiger charge is 2.32. The highest BCUT2D eigenvalue weighted by molar-refractivity contribution is 5.95. The second kappa shape index (κ2) is 9.41. The Kier molecular flexibility index (Phi) is 6.20. The van der Waals surface area contributed by atoms with Gasteiger partial charge in [-0.05, 0) is 62.4 Å². The molecular weight excluding hydrogens is 418 g/mol. The lowest BCUT2D eigenvalue weighted by Crippen LogP contribution is -2.41. The largest absolute Gasteiger partial charge is 0.454 e. The van der Waals surface area contributed by atoms with Gasteiger partial charge in [-0.3, -0.25) is 14.6 Å². The number of fused-ring (bicyclic) bond motifs is 1. The minimum Gasteiger partial charge on any atom is -0.454 e. The fourth-order valence-electron chi connectivity index (χ4n) is 5.21. The number of pyridine rings is 1. The molecule has 7 heteroatoms. The number of likely N-dealkylation sites (tertiary alicyclic amines) is 1. The smallest absolute Gasteiger partial charge is 0.253 e. The summed E-state index contributed by atoms with van der Waals surface area (Å²) in [5.74, 6) is 2.04. The zero-order valence-electron chi connectivity index (χ0n) is 19.1. The van der Waals surface area contributed by atoms with Crippen molar-refractivity contribution >= 4 is 11.8 Å². The molecule has 2 fully saturated rings. The molecule has 0 radical (unpaired) electrons. The number of piperidine rings is 1. The summed E-state index contributed by atoms with van der Waals surface area (Å²) in [6.07, 6.45) is 6.10. The lowest BCUT2D eigenvalue weighted by atomic mass is 9.89. The summed E-state index contributed by atoms with van der Waals surface area (Å²) in [7, 11) is 0. The SMILES string of the molecule is Cc1ccc(C(=O)NCc2ccc3c(c2)OCO3)c(C2CCN(C(=O)C3CCCC3)CC2)n1. The van der Waals surface area contributed by atoms with Crippen molar-refractivity contribution in [3.63, 3.8) is 0 Å². The quantitative estimate of drug-likeness (QED) is 0.748. The summed E-state index contributed by atoms with van der Waals surface area (Å²) in [4.78, 5) is 32.7. The van der Waals surface area contributed by atoms with Crippen LogP contribution in [0, 0.1) is 12.8 Å². The first-order valence-electron chi connectivity index (χ1n) is 12.0. The average molecular weight is 450 g/mol. The number of aromatic nitrogens is 1. The zero-order chi connectivity index (χ0) is 22.8. The zero-order valence-corrected chi connectivity index (χ0v) is 19.1. The third-order valence-electron chi connectivity index (χ3n) is 7.10. The van der Waals surface area contributed by atoms with Crippen LogP contribution in [0.25, 0.3) is 0 Å². The number of amides is 2. The molecule has 1 saturated carbocycles. The minimum absolute atomic E-state index is 0.125. The maximum absolute atomic E-state index is 13.1. The lowest BCUT2D eigenvalue weighted by molar-refractivity contribution is -0.136. The maximum Gasteiger partial charge on any atom is 0.253 e. The molecule has 2 aromatic rings. The molecule has 174 valence electrons. The Morgan fingerprint density at radius 2 is 1.79 bits per heavy atom. The van der Waals surface area contributed by atoms with Crippen molar-refractivity contribution in [1.82, 2.24) is 15.2 Å². The van der Waals surface area contributed by atoms with Gasteiger partial charge in [0.25, 0.3) is 5.91 Å². The van der Waals surface area contributed by atoms with E-state index < -0.39 is 0 Å². The van der Waals surface area contributed by atoms with E-state index in [1.165, 1.54) is 12.8 Å². The Morgan fingerprint density at radius 3 is 2.58 bits per heavy atom. The Bertz CT molecular complexity index is 1040. The van der Waals surface area contributed by atoms with Crippen molar-refractivity contribution in [1.29, 1.82) is 0 Å². The third kappa shape index (κ3) is 4.68. The number of carbonyl (C=O) groups excluding carboxylic acids is 2. The fraction of sp³-hybridized carbons (Fsp3) is 0.500. The van der Waals surface area contributed by atoms with E-state index in [9.17, 15) is 9.59 Å². The normalized spacial score (nSPS) is 18.5.